The van der Waals surface area contributed by atoms with E-state index in [1.807, 2.05) is 24.3 Å². The van der Waals surface area contributed by atoms with Crippen molar-refractivity contribution in [3.8, 4) is 5.75 Å². The van der Waals surface area contributed by atoms with E-state index in [-0.39, 0.29) is 13.2 Å². The number of benzene rings is 2. The molecule has 0 aliphatic carbocycles. The van der Waals surface area contributed by atoms with Crippen LogP contribution in [0.3, 0.4) is 0 Å². The number of ether oxygens (including phenoxy) is 2. The van der Waals surface area contributed by atoms with Crippen molar-refractivity contribution < 1.29 is 23.9 Å². The molecular formula is C21H21ClN2O5. The summed E-state index contributed by atoms with van der Waals surface area (Å²) in [6.45, 7) is 1.28. The summed E-state index contributed by atoms with van der Waals surface area (Å²) in [5, 5.41) is 5.62. The molecule has 1 heterocycles. The zero-order chi connectivity index (χ0) is 20.8. The molecule has 2 N–H and O–H groups in total. The lowest BCUT2D eigenvalue weighted by Gasteiger charge is -2.23. The van der Waals surface area contributed by atoms with Crippen LogP contribution in [0.15, 0.2) is 42.5 Å². The Balaban J connectivity index is 1.40. The van der Waals surface area contributed by atoms with Crippen LogP contribution < -0.4 is 15.4 Å². The minimum atomic E-state index is -0.562. The molecule has 0 spiro atoms. The van der Waals surface area contributed by atoms with Crippen LogP contribution >= 0.6 is 11.6 Å². The number of carbonyl (C=O) groups excluding carboxylic acids is 3. The summed E-state index contributed by atoms with van der Waals surface area (Å²) < 4.78 is 10.6. The van der Waals surface area contributed by atoms with Crippen molar-refractivity contribution in [2.45, 2.75) is 13.3 Å². The van der Waals surface area contributed by atoms with E-state index in [9.17, 15) is 14.4 Å². The van der Waals surface area contributed by atoms with Crippen LogP contribution in [-0.2, 0) is 25.5 Å². The highest BCUT2D eigenvalue weighted by Gasteiger charge is 2.27. The van der Waals surface area contributed by atoms with Crippen LogP contribution in [0.25, 0.3) is 0 Å². The monoisotopic (exact) mass is 416 g/mol. The predicted octanol–water partition coefficient (Wildman–Crippen LogP) is 2.50. The Hall–Kier alpha value is -3.06. The van der Waals surface area contributed by atoms with E-state index in [1.165, 1.54) is 0 Å². The van der Waals surface area contributed by atoms with Crippen LogP contribution in [0.4, 0.5) is 5.69 Å². The Morgan fingerprint density at radius 2 is 1.93 bits per heavy atom. The van der Waals surface area contributed by atoms with Gasteiger partial charge in [0.05, 0.1) is 12.5 Å². The molecule has 2 amide bonds. The Morgan fingerprint density at radius 3 is 2.76 bits per heavy atom. The zero-order valence-corrected chi connectivity index (χ0v) is 16.6. The number of carbonyl (C=O) groups is 3. The summed E-state index contributed by atoms with van der Waals surface area (Å²) in [5.41, 5.74) is 2.23. The summed E-state index contributed by atoms with van der Waals surface area (Å²) >= 11 is 6.01. The van der Waals surface area contributed by atoms with E-state index in [1.54, 1.807) is 25.1 Å². The third-order valence-corrected chi connectivity index (χ3v) is 4.96. The van der Waals surface area contributed by atoms with Crippen LogP contribution in [0.1, 0.15) is 11.1 Å². The standard InChI is InChI=1S/C21H21ClN2O5/c1-13-16(22)6-4-7-17(13)24-19(25)10-23-20(26)12-29-21(27)15-9-14-5-2-3-8-18(14)28-11-15/h2-8,15H,9-12H2,1H3,(H,23,26)(H,24,25). The van der Waals surface area contributed by atoms with E-state index in [2.05, 4.69) is 10.6 Å². The molecule has 0 radical (unpaired) electrons. The van der Waals surface area contributed by atoms with E-state index < -0.39 is 30.3 Å². The summed E-state index contributed by atoms with van der Waals surface area (Å²) in [5.74, 6) is -1.18. The normalized spacial score (nSPS) is 14.9. The van der Waals surface area contributed by atoms with E-state index in [4.69, 9.17) is 21.1 Å². The molecule has 1 unspecified atom stereocenters. The van der Waals surface area contributed by atoms with Gasteiger partial charge in [-0.2, -0.15) is 0 Å². The molecule has 2 aromatic carbocycles. The molecular weight excluding hydrogens is 396 g/mol. The highest BCUT2D eigenvalue weighted by atomic mass is 35.5. The second-order valence-corrected chi connectivity index (χ2v) is 7.07. The van der Waals surface area contributed by atoms with Crippen molar-refractivity contribution in [3.05, 3.63) is 58.6 Å². The van der Waals surface area contributed by atoms with E-state index >= 15 is 0 Å². The largest absolute Gasteiger partial charge is 0.492 e. The third-order valence-electron chi connectivity index (χ3n) is 4.55. The molecule has 0 saturated carbocycles. The van der Waals surface area contributed by atoms with Gasteiger partial charge < -0.3 is 20.1 Å². The van der Waals surface area contributed by atoms with Crippen molar-refractivity contribution >= 4 is 35.1 Å². The molecule has 2 aromatic rings. The second-order valence-electron chi connectivity index (χ2n) is 6.66. The topological polar surface area (TPSA) is 93.7 Å². The summed E-state index contributed by atoms with van der Waals surface area (Å²) in [6.07, 6.45) is 0.498. The molecule has 152 valence electrons. The molecule has 0 fully saturated rings. The fraction of sp³-hybridized carbons (Fsp3) is 0.286. The number of fused-ring (bicyclic) bond motifs is 1. The van der Waals surface area contributed by atoms with Gasteiger partial charge in [-0.1, -0.05) is 35.9 Å². The lowest BCUT2D eigenvalue weighted by molar-refractivity contribution is -0.153. The molecule has 29 heavy (non-hydrogen) atoms. The van der Waals surface area contributed by atoms with Crippen molar-refractivity contribution in [3.63, 3.8) is 0 Å². The number of rotatable bonds is 6. The van der Waals surface area contributed by atoms with Gasteiger partial charge in [-0.15, -0.1) is 0 Å². The second kappa shape index (κ2) is 9.43. The van der Waals surface area contributed by atoms with Crippen molar-refractivity contribution in [2.75, 3.05) is 25.1 Å². The molecule has 3 rings (SSSR count). The highest BCUT2D eigenvalue weighted by molar-refractivity contribution is 6.31. The summed E-state index contributed by atoms with van der Waals surface area (Å²) in [6, 6.07) is 12.6. The smallest absolute Gasteiger partial charge is 0.313 e. The molecule has 8 heteroatoms. The van der Waals surface area contributed by atoms with Crippen LogP contribution in [-0.4, -0.2) is 37.5 Å². The van der Waals surface area contributed by atoms with E-state index in [0.29, 0.717) is 17.1 Å². The maximum atomic E-state index is 12.2. The number of nitrogens with one attached hydrogen (secondary N) is 2. The fourth-order valence-corrected chi connectivity index (χ4v) is 3.08. The fourth-order valence-electron chi connectivity index (χ4n) is 2.90. The highest BCUT2D eigenvalue weighted by Crippen LogP contribution is 2.27. The lowest BCUT2D eigenvalue weighted by atomic mass is 9.97. The van der Waals surface area contributed by atoms with Gasteiger partial charge in [0.15, 0.2) is 6.61 Å². The molecule has 0 saturated heterocycles. The van der Waals surface area contributed by atoms with Gasteiger partial charge in [-0.3, -0.25) is 14.4 Å². The average Bonchev–Trinajstić information content (AvgIpc) is 2.73. The van der Waals surface area contributed by atoms with Gasteiger partial charge >= 0.3 is 5.97 Å². The SMILES string of the molecule is Cc1c(Cl)cccc1NC(=O)CNC(=O)COC(=O)C1COc2ccccc2C1. The Labute approximate surface area is 173 Å². The molecule has 1 aliphatic rings. The van der Waals surface area contributed by atoms with Gasteiger partial charge in [-0.05, 0) is 42.7 Å². The number of amides is 2. The lowest BCUT2D eigenvalue weighted by Crippen LogP contribution is -2.37. The van der Waals surface area contributed by atoms with Crippen LogP contribution in [0.2, 0.25) is 5.02 Å². The Bertz CT molecular complexity index is 931. The molecule has 0 aromatic heterocycles. The molecule has 1 atom stereocenters. The zero-order valence-electron chi connectivity index (χ0n) is 15.9. The quantitative estimate of drug-likeness (QED) is 0.706. The number of esters is 1. The third kappa shape index (κ3) is 5.48. The maximum absolute atomic E-state index is 12.2. The minimum Gasteiger partial charge on any atom is -0.492 e. The number of hydrogen-bond donors (Lipinski definition) is 2. The number of hydrogen-bond acceptors (Lipinski definition) is 5. The Kier molecular flexibility index (Phi) is 6.72. The van der Waals surface area contributed by atoms with Gasteiger partial charge in [0.1, 0.15) is 12.4 Å². The first-order valence-electron chi connectivity index (χ1n) is 9.13. The van der Waals surface area contributed by atoms with Crippen molar-refractivity contribution in [2.24, 2.45) is 5.92 Å². The first-order chi connectivity index (χ1) is 13.9. The average molecular weight is 417 g/mol. The van der Waals surface area contributed by atoms with Gasteiger partial charge in [0, 0.05) is 10.7 Å². The van der Waals surface area contributed by atoms with Gasteiger partial charge in [0.2, 0.25) is 5.91 Å². The van der Waals surface area contributed by atoms with Crippen LogP contribution in [0, 0.1) is 12.8 Å². The molecule has 0 bridgehead atoms. The van der Waals surface area contributed by atoms with E-state index in [0.717, 1.165) is 16.9 Å². The van der Waals surface area contributed by atoms with Gasteiger partial charge in [0.25, 0.3) is 5.91 Å². The van der Waals surface area contributed by atoms with Crippen molar-refractivity contribution in [1.29, 1.82) is 0 Å². The minimum absolute atomic E-state index is 0.207. The number of para-hydroxylation sites is 1. The maximum Gasteiger partial charge on any atom is 0.313 e. The predicted molar refractivity (Wildman–Crippen MR) is 108 cm³/mol. The van der Waals surface area contributed by atoms with Gasteiger partial charge in [-0.25, -0.2) is 0 Å². The number of anilines is 1. The number of halogens is 1. The summed E-state index contributed by atoms with van der Waals surface area (Å²) in [7, 11) is 0. The Morgan fingerprint density at radius 1 is 1.14 bits per heavy atom. The molecule has 1 aliphatic heterocycles. The molecule has 7 nitrogen and oxygen atoms in total. The van der Waals surface area contributed by atoms with Crippen molar-refractivity contribution in [1.82, 2.24) is 5.32 Å². The first-order valence-corrected chi connectivity index (χ1v) is 9.51. The summed E-state index contributed by atoms with van der Waals surface area (Å²) in [4.78, 5) is 36.1. The van der Waals surface area contributed by atoms with Crippen LogP contribution in [0.5, 0.6) is 5.75 Å². The first kappa shape index (κ1) is 20.7.